The Morgan fingerprint density at radius 3 is 2.19 bits per heavy atom. The van der Waals surface area contributed by atoms with E-state index in [9.17, 15) is 14.4 Å². The molecule has 0 saturated carbocycles. The number of carbonyl (C=O) groups is 3. The van der Waals surface area contributed by atoms with Crippen LogP contribution in [0.5, 0.6) is 5.75 Å². The number of aryl methyl sites for hydroxylation is 1. The smallest absolute Gasteiger partial charge is 0.270 e. The molecule has 2 aromatic rings. The van der Waals surface area contributed by atoms with E-state index in [2.05, 4.69) is 5.10 Å². The number of amides is 3. The highest BCUT2D eigenvalue weighted by Crippen LogP contribution is 2.22. The minimum atomic E-state index is -0.174. The first-order valence-electron chi connectivity index (χ1n) is 10.7. The summed E-state index contributed by atoms with van der Waals surface area (Å²) in [7, 11) is 1.58. The van der Waals surface area contributed by atoms with Crippen molar-refractivity contribution in [3.63, 3.8) is 0 Å². The Balaban J connectivity index is 1.40. The maximum Gasteiger partial charge on any atom is 0.270 e. The predicted octanol–water partition coefficient (Wildman–Crippen LogP) is 2.47. The topological polar surface area (TPSA) is 82.5 Å². The second kappa shape index (κ2) is 9.21. The number of benzene rings is 2. The van der Waals surface area contributed by atoms with Crippen LogP contribution in [-0.4, -0.2) is 66.5 Å². The molecule has 2 aliphatic heterocycles. The Hall–Kier alpha value is -3.68. The molecule has 0 aliphatic carbocycles. The zero-order valence-electron chi connectivity index (χ0n) is 18.3. The van der Waals surface area contributed by atoms with Gasteiger partial charge in [-0.1, -0.05) is 12.1 Å². The molecule has 2 aromatic carbocycles. The van der Waals surface area contributed by atoms with E-state index in [0.717, 1.165) is 5.56 Å². The highest BCUT2D eigenvalue weighted by molar-refractivity contribution is 6.40. The Kier molecular flexibility index (Phi) is 6.20. The predicted molar refractivity (Wildman–Crippen MR) is 121 cm³/mol. The van der Waals surface area contributed by atoms with Crippen molar-refractivity contribution in [1.29, 1.82) is 0 Å². The third kappa shape index (κ3) is 4.49. The summed E-state index contributed by atoms with van der Waals surface area (Å²) in [5, 5.41) is 5.71. The third-order valence-electron chi connectivity index (χ3n) is 5.72. The van der Waals surface area contributed by atoms with Crippen molar-refractivity contribution in [3.05, 3.63) is 59.7 Å². The van der Waals surface area contributed by atoms with Crippen molar-refractivity contribution in [2.24, 2.45) is 5.10 Å². The second-order valence-corrected chi connectivity index (χ2v) is 7.90. The summed E-state index contributed by atoms with van der Waals surface area (Å²) < 4.78 is 5.14. The zero-order chi connectivity index (χ0) is 22.7. The summed E-state index contributed by atoms with van der Waals surface area (Å²) in [6.45, 7) is 3.70. The number of carbonyl (C=O) groups excluding carboxylic acids is 3. The van der Waals surface area contributed by atoms with Crippen LogP contribution in [0.25, 0.3) is 0 Å². The van der Waals surface area contributed by atoms with Gasteiger partial charge in [0.2, 0.25) is 5.91 Å². The van der Waals surface area contributed by atoms with Gasteiger partial charge in [-0.25, -0.2) is 5.01 Å². The average molecular weight is 434 g/mol. The van der Waals surface area contributed by atoms with Crippen molar-refractivity contribution in [1.82, 2.24) is 9.80 Å². The Labute approximate surface area is 187 Å². The van der Waals surface area contributed by atoms with Crippen LogP contribution in [0.4, 0.5) is 5.69 Å². The number of ether oxygens (including phenoxy) is 1. The van der Waals surface area contributed by atoms with Gasteiger partial charge in [0.1, 0.15) is 11.5 Å². The monoisotopic (exact) mass is 434 g/mol. The fourth-order valence-corrected chi connectivity index (χ4v) is 3.88. The fraction of sp³-hybridized carbons (Fsp3) is 0.333. The van der Waals surface area contributed by atoms with Gasteiger partial charge in [-0.15, -0.1) is 0 Å². The van der Waals surface area contributed by atoms with Gasteiger partial charge in [0.05, 0.1) is 12.8 Å². The van der Waals surface area contributed by atoms with E-state index in [4.69, 9.17) is 4.74 Å². The molecular formula is C24H26N4O4. The number of hydrogen-bond acceptors (Lipinski definition) is 5. The fourth-order valence-electron chi connectivity index (χ4n) is 3.88. The molecule has 0 radical (unpaired) electrons. The molecular weight excluding hydrogens is 408 g/mol. The van der Waals surface area contributed by atoms with Crippen molar-refractivity contribution < 1.29 is 19.1 Å². The molecule has 2 heterocycles. The van der Waals surface area contributed by atoms with E-state index < -0.39 is 0 Å². The molecule has 32 heavy (non-hydrogen) atoms. The lowest BCUT2D eigenvalue weighted by Gasteiger charge is -2.35. The van der Waals surface area contributed by atoms with Gasteiger partial charge >= 0.3 is 0 Å². The number of hydrogen-bond donors (Lipinski definition) is 0. The van der Waals surface area contributed by atoms with Crippen molar-refractivity contribution in [2.45, 2.75) is 19.8 Å². The Morgan fingerprint density at radius 1 is 0.906 bits per heavy atom. The molecule has 2 aliphatic rings. The highest BCUT2D eigenvalue weighted by Gasteiger charge is 2.31. The van der Waals surface area contributed by atoms with Crippen molar-refractivity contribution in [2.75, 3.05) is 38.3 Å². The Bertz CT molecular complexity index is 1060. The molecule has 0 N–H and O–H groups in total. The van der Waals surface area contributed by atoms with Gasteiger partial charge in [0, 0.05) is 44.6 Å². The molecule has 0 atom stereocenters. The number of hydrazone groups is 1. The highest BCUT2D eigenvalue weighted by atomic mass is 16.5. The summed E-state index contributed by atoms with van der Waals surface area (Å²) >= 11 is 0. The normalized spacial score (nSPS) is 16.6. The van der Waals surface area contributed by atoms with Crippen LogP contribution < -0.4 is 9.75 Å². The van der Waals surface area contributed by atoms with E-state index in [1.54, 1.807) is 41.2 Å². The minimum Gasteiger partial charge on any atom is -0.497 e. The quantitative estimate of drug-likeness (QED) is 0.740. The van der Waals surface area contributed by atoms with E-state index in [-0.39, 0.29) is 24.1 Å². The summed E-state index contributed by atoms with van der Waals surface area (Å²) in [5.41, 5.74) is 2.65. The lowest BCUT2D eigenvalue weighted by molar-refractivity contribution is -0.125. The van der Waals surface area contributed by atoms with Crippen LogP contribution in [0.3, 0.4) is 0 Å². The summed E-state index contributed by atoms with van der Waals surface area (Å²) in [4.78, 5) is 41.7. The van der Waals surface area contributed by atoms with Crippen molar-refractivity contribution >= 4 is 29.1 Å². The Morgan fingerprint density at radius 2 is 1.56 bits per heavy atom. The van der Waals surface area contributed by atoms with Gasteiger partial charge in [-0.05, 0) is 48.9 Å². The molecule has 166 valence electrons. The lowest BCUT2D eigenvalue weighted by atomic mass is 10.1. The van der Waals surface area contributed by atoms with E-state index in [0.29, 0.717) is 55.3 Å². The largest absolute Gasteiger partial charge is 0.497 e. The van der Waals surface area contributed by atoms with Gasteiger partial charge < -0.3 is 14.5 Å². The molecule has 1 fully saturated rings. The third-order valence-corrected chi connectivity index (χ3v) is 5.72. The van der Waals surface area contributed by atoms with E-state index in [1.807, 2.05) is 31.2 Å². The van der Waals surface area contributed by atoms with Crippen LogP contribution in [0.2, 0.25) is 0 Å². The maximum atomic E-state index is 13.1. The molecule has 0 unspecified atom stereocenters. The van der Waals surface area contributed by atoms with Gasteiger partial charge in [0.15, 0.2) is 0 Å². The van der Waals surface area contributed by atoms with Crippen LogP contribution in [-0.2, 0) is 9.59 Å². The van der Waals surface area contributed by atoms with Crippen LogP contribution in [0.15, 0.2) is 53.6 Å². The first-order chi connectivity index (χ1) is 15.5. The number of rotatable bonds is 4. The number of anilines is 1. The van der Waals surface area contributed by atoms with Crippen LogP contribution in [0, 0.1) is 6.92 Å². The number of methoxy groups -OCH3 is 1. The summed E-state index contributed by atoms with van der Waals surface area (Å²) in [6, 6.07) is 14.5. The maximum absolute atomic E-state index is 13.1. The first-order valence-corrected chi connectivity index (χ1v) is 10.7. The molecule has 3 amide bonds. The van der Waals surface area contributed by atoms with Gasteiger partial charge in [0.25, 0.3) is 11.8 Å². The minimum absolute atomic E-state index is 0.0639. The van der Waals surface area contributed by atoms with Crippen molar-refractivity contribution in [3.8, 4) is 5.75 Å². The van der Waals surface area contributed by atoms with Gasteiger partial charge in [-0.3, -0.25) is 14.4 Å². The first kappa shape index (κ1) is 21.5. The van der Waals surface area contributed by atoms with Crippen LogP contribution in [0.1, 0.15) is 28.8 Å². The SMILES string of the molecule is COc1ccc(C(=O)N2CCN(C(=O)C3=NN(c4cccc(C)c4)C(=O)CC3)CC2)cc1. The molecule has 0 bridgehead atoms. The van der Waals surface area contributed by atoms with E-state index in [1.165, 1.54) is 5.01 Å². The van der Waals surface area contributed by atoms with Gasteiger partial charge in [-0.2, -0.15) is 5.10 Å². The molecule has 1 saturated heterocycles. The van der Waals surface area contributed by atoms with Crippen LogP contribution >= 0.6 is 0 Å². The van der Waals surface area contributed by atoms with E-state index >= 15 is 0 Å². The molecule has 4 rings (SSSR count). The lowest BCUT2D eigenvalue weighted by Crippen LogP contribution is -2.52. The molecule has 0 aromatic heterocycles. The standard InChI is InChI=1S/C24H26N4O4/c1-17-4-3-5-19(16-17)28-22(29)11-10-21(25-28)24(31)27-14-12-26(13-15-27)23(30)18-6-8-20(32-2)9-7-18/h3-9,16H,10-15H2,1-2H3. The molecule has 8 heteroatoms. The molecule has 0 spiro atoms. The average Bonchev–Trinajstić information content (AvgIpc) is 2.83. The number of nitrogens with zero attached hydrogens (tertiary/aromatic N) is 4. The summed E-state index contributed by atoms with van der Waals surface area (Å²) in [5.74, 6) is 0.336. The number of piperazine rings is 1. The second-order valence-electron chi connectivity index (χ2n) is 7.90. The summed E-state index contributed by atoms with van der Waals surface area (Å²) in [6.07, 6.45) is 0.569. The molecule has 8 nitrogen and oxygen atoms in total. The zero-order valence-corrected chi connectivity index (χ0v) is 18.3.